The Bertz CT molecular complexity index is 1430. The van der Waals surface area contributed by atoms with E-state index in [9.17, 15) is 0 Å². The molecule has 0 spiro atoms. The van der Waals surface area contributed by atoms with Crippen LogP contribution in [0.4, 0.5) is 23.4 Å². The van der Waals surface area contributed by atoms with E-state index in [-0.39, 0.29) is 5.95 Å². The maximum atomic E-state index is 5.87. The lowest BCUT2D eigenvalue weighted by molar-refractivity contribution is 0.122. The largest absolute Gasteiger partial charge is 0.437 e. The van der Waals surface area contributed by atoms with Gasteiger partial charge in [0, 0.05) is 47.4 Å². The topological polar surface area (TPSA) is 138 Å². The molecule has 2 saturated heterocycles. The van der Waals surface area contributed by atoms with Gasteiger partial charge in [-0.1, -0.05) is 39.7 Å². The van der Waals surface area contributed by atoms with E-state index < -0.39 is 0 Å². The zero-order chi connectivity index (χ0) is 28.6. The Hall–Kier alpha value is -3.71. The summed E-state index contributed by atoms with van der Waals surface area (Å²) in [5.74, 6) is 2.44. The van der Waals surface area contributed by atoms with E-state index >= 15 is 0 Å². The molecular weight excluding hydrogens is 612 g/mol. The molecule has 2 aliphatic rings. The number of hydrogen-bond acceptors (Lipinski definition) is 11. The minimum atomic E-state index is 0.177. The number of morpholine rings is 2. The van der Waals surface area contributed by atoms with Crippen LogP contribution < -0.4 is 26.0 Å². The highest BCUT2D eigenvalue weighted by atomic mass is 79.9. The van der Waals surface area contributed by atoms with Gasteiger partial charge in [-0.25, -0.2) is 9.97 Å². The fourth-order valence-corrected chi connectivity index (χ4v) is 4.71. The predicted octanol–water partition coefficient (Wildman–Crippen LogP) is 4.67. The molecule has 0 bridgehead atoms. The number of aromatic nitrogens is 4. The molecule has 4 N–H and O–H groups in total. The Morgan fingerprint density at radius 1 is 0.756 bits per heavy atom. The van der Waals surface area contributed by atoms with Crippen LogP contribution in [-0.2, 0) is 9.47 Å². The summed E-state index contributed by atoms with van der Waals surface area (Å²) >= 11 is 9.32. The van der Waals surface area contributed by atoms with E-state index in [1.54, 1.807) is 36.7 Å². The quantitative estimate of drug-likeness (QED) is 0.315. The molecule has 214 valence electrons. The SMILES string of the molecule is Nc1ncc(-c2ccc(Br)cc2)c(N2CCOCC2)n1.Nc1ncc(N2CCOCC2)c(Oc2ccc(Cl)cc2)n1. The fourth-order valence-electron chi connectivity index (χ4n) is 4.32. The molecule has 2 aliphatic heterocycles. The third kappa shape index (κ3) is 7.73. The lowest BCUT2D eigenvalue weighted by Gasteiger charge is -2.29. The number of anilines is 4. The Morgan fingerprint density at radius 2 is 1.34 bits per heavy atom. The molecular formula is C28H30BrClN8O3. The van der Waals surface area contributed by atoms with Crippen LogP contribution in [0.1, 0.15) is 0 Å². The second-order valence-corrected chi connectivity index (χ2v) is 10.5. The van der Waals surface area contributed by atoms with Crippen molar-refractivity contribution >= 4 is 50.9 Å². The molecule has 0 aliphatic carbocycles. The second-order valence-electron chi connectivity index (χ2n) is 9.15. The average Bonchev–Trinajstić information content (AvgIpc) is 3.00. The van der Waals surface area contributed by atoms with Gasteiger partial charge in [-0.2, -0.15) is 9.97 Å². The van der Waals surface area contributed by atoms with Gasteiger partial charge in [0.1, 0.15) is 17.3 Å². The normalized spacial score (nSPS) is 15.2. The molecule has 0 atom stereocenters. The first-order valence-corrected chi connectivity index (χ1v) is 14.2. The van der Waals surface area contributed by atoms with Crippen molar-refractivity contribution in [3.05, 3.63) is 70.4 Å². The van der Waals surface area contributed by atoms with Gasteiger partial charge >= 0.3 is 0 Å². The van der Waals surface area contributed by atoms with Crippen LogP contribution >= 0.6 is 27.5 Å². The van der Waals surface area contributed by atoms with Gasteiger partial charge in [-0.15, -0.1) is 0 Å². The third-order valence-corrected chi connectivity index (χ3v) is 7.17. The van der Waals surface area contributed by atoms with Crippen LogP contribution in [0.5, 0.6) is 11.6 Å². The highest BCUT2D eigenvalue weighted by molar-refractivity contribution is 9.10. The molecule has 13 heteroatoms. The van der Waals surface area contributed by atoms with Gasteiger partial charge < -0.3 is 35.5 Å². The molecule has 11 nitrogen and oxygen atoms in total. The van der Waals surface area contributed by atoms with Crippen molar-refractivity contribution in [1.29, 1.82) is 0 Å². The van der Waals surface area contributed by atoms with Gasteiger partial charge in [0.25, 0.3) is 0 Å². The van der Waals surface area contributed by atoms with Crippen molar-refractivity contribution < 1.29 is 14.2 Å². The minimum Gasteiger partial charge on any atom is -0.437 e. The number of nitrogens with zero attached hydrogens (tertiary/aromatic N) is 6. The number of rotatable bonds is 5. The Morgan fingerprint density at radius 3 is 2.00 bits per heavy atom. The maximum absolute atomic E-state index is 5.87. The van der Waals surface area contributed by atoms with Crippen LogP contribution in [0, 0.1) is 0 Å². The lowest BCUT2D eigenvalue weighted by Crippen LogP contribution is -2.37. The molecule has 2 fully saturated rings. The van der Waals surface area contributed by atoms with Gasteiger partial charge in [0.05, 0.1) is 32.6 Å². The van der Waals surface area contributed by atoms with Crippen LogP contribution in [0.25, 0.3) is 11.1 Å². The van der Waals surface area contributed by atoms with Gasteiger partial charge in [-0.3, -0.25) is 0 Å². The monoisotopic (exact) mass is 640 g/mol. The molecule has 2 aromatic heterocycles. The first kappa shape index (κ1) is 28.8. The molecule has 0 saturated carbocycles. The van der Waals surface area contributed by atoms with Gasteiger partial charge in [0.15, 0.2) is 0 Å². The summed E-state index contributed by atoms with van der Waals surface area (Å²) < 4.78 is 17.6. The first-order valence-electron chi connectivity index (χ1n) is 13.1. The van der Waals surface area contributed by atoms with Crippen molar-refractivity contribution in [1.82, 2.24) is 19.9 Å². The molecule has 6 rings (SSSR count). The molecule has 0 radical (unpaired) electrons. The smallest absolute Gasteiger partial charge is 0.248 e. The van der Waals surface area contributed by atoms with E-state index in [2.05, 4.69) is 45.7 Å². The third-order valence-electron chi connectivity index (χ3n) is 6.39. The van der Waals surface area contributed by atoms with Gasteiger partial charge in [-0.05, 0) is 42.0 Å². The molecule has 4 aromatic rings. The van der Waals surface area contributed by atoms with E-state index in [4.69, 9.17) is 37.3 Å². The van der Waals surface area contributed by atoms with Crippen molar-refractivity contribution in [3.63, 3.8) is 0 Å². The number of nitrogen functional groups attached to an aromatic ring is 2. The average molecular weight is 642 g/mol. The fraction of sp³-hybridized carbons (Fsp3) is 0.286. The van der Waals surface area contributed by atoms with Gasteiger partial charge in [0.2, 0.25) is 17.8 Å². The summed E-state index contributed by atoms with van der Waals surface area (Å²) in [6.07, 6.45) is 3.47. The summed E-state index contributed by atoms with van der Waals surface area (Å²) in [4.78, 5) is 21.1. The maximum Gasteiger partial charge on any atom is 0.248 e. The summed E-state index contributed by atoms with van der Waals surface area (Å²) in [6.45, 7) is 5.94. The van der Waals surface area contributed by atoms with Crippen molar-refractivity contribution in [2.45, 2.75) is 0 Å². The van der Waals surface area contributed by atoms with E-state index in [0.717, 1.165) is 53.3 Å². The van der Waals surface area contributed by atoms with Crippen molar-refractivity contribution in [2.24, 2.45) is 0 Å². The molecule has 0 unspecified atom stereocenters. The summed E-state index contributed by atoms with van der Waals surface area (Å²) in [7, 11) is 0. The number of nitrogens with two attached hydrogens (primary N) is 2. The second kappa shape index (κ2) is 13.8. The number of hydrogen-bond donors (Lipinski definition) is 2. The highest BCUT2D eigenvalue weighted by Crippen LogP contribution is 2.32. The number of benzene rings is 2. The lowest BCUT2D eigenvalue weighted by atomic mass is 10.1. The zero-order valence-electron chi connectivity index (χ0n) is 22.2. The summed E-state index contributed by atoms with van der Waals surface area (Å²) in [6, 6.07) is 15.2. The van der Waals surface area contributed by atoms with Crippen LogP contribution in [0.3, 0.4) is 0 Å². The summed E-state index contributed by atoms with van der Waals surface area (Å²) in [5, 5.41) is 0.651. The summed E-state index contributed by atoms with van der Waals surface area (Å²) in [5.41, 5.74) is 14.3. The Kier molecular flexibility index (Phi) is 9.67. The molecule has 0 amide bonds. The van der Waals surface area contributed by atoms with Crippen LogP contribution in [0.15, 0.2) is 65.4 Å². The van der Waals surface area contributed by atoms with E-state index in [1.807, 2.05) is 24.3 Å². The predicted molar refractivity (Wildman–Crippen MR) is 164 cm³/mol. The van der Waals surface area contributed by atoms with Crippen LogP contribution in [-0.4, -0.2) is 72.5 Å². The Balaban J connectivity index is 0.000000165. The molecule has 4 heterocycles. The van der Waals surface area contributed by atoms with E-state index in [1.165, 1.54) is 0 Å². The minimum absolute atomic E-state index is 0.177. The Labute approximate surface area is 251 Å². The highest BCUT2D eigenvalue weighted by Gasteiger charge is 2.19. The number of halogens is 2. The number of ether oxygens (including phenoxy) is 3. The van der Waals surface area contributed by atoms with Crippen molar-refractivity contribution in [3.8, 4) is 22.8 Å². The van der Waals surface area contributed by atoms with Crippen LogP contribution in [0.2, 0.25) is 5.02 Å². The molecule has 2 aromatic carbocycles. The zero-order valence-corrected chi connectivity index (χ0v) is 24.6. The van der Waals surface area contributed by atoms with Crippen molar-refractivity contribution in [2.75, 3.05) is 73.9 Å². The first-order chi connectivity index (χ1) is 20.0. The molecule has 41 heavy (non-hydrogen) atoms. The standard InChI is InChI=1S/C14H15BrN4O.C14H15ClN4O2/c15-11-3-1-10(2-4-11)12-9-17-14(16)18-13(12)19-5-7-20-8-6-19;15-10-1-3-11(4-2-10)21-13-12(9-17-14(16)18-13)19-5-7-20-8-6-19/h1-4,9H,5-8H2,(H2,16,17,18);1-4,9H,5-8H2,(H2,16,17,18). The van der Waals surface area contributed by atoms with E-state index in [0.29, 0.717) is 49.0 Å².